The van der Waals surface area contributed by atoms with Crippen molar-refractivity contribution in [3.63, 3.8) is 0 Å². The van der Waals surface area contributed by atoms with Gasteiger partial charge in [-0.15, -0.1) is 0 Å². The molecule has 2 unspecified atom stereocenters. The van der Waals surface area contributed by atoms with E-state index < -0.39 is 11.6 Å². The molecule has 2 aliphatic heterocycles. The van der Waals surface area contributed by atoms with Gasteiger partial charge in [0.2, 0.25) is 0 Å². The van der Waals surface area contributed by atoms with E-state index in [1.165, 1.54) is 5.56 Å². The summed E-state index contributed by atoms with van der Waals surface area (Å²) >= 11 is 0. The topological polar surface area (TPSA) is 91.3 Å². The van der Waals surface area contributed by atoms with Crippen molar-refractivity contribution in [1.29, 1.82) is 0 Å². The molecule has 4 aliphatic rings. The van der Waals surface area contributed by atoms with Crippen LogP contribution in [0.4, 0.5) is 0 Å². The van der Waals surface area contributed by atoms with Crippen molar-refractivity contribution in [2.24, 2.45) is 0 Å². The number of rotatable bonds is 4. The van der Waals surface area contributed by atoms with Crippen LogP contribution < -0.4 is 10.1 Å². The Hall–Kier alpha value is -1.83. The van der Waals surface area contributed by atoms with Crippen LogP contribution in [-0.2, 0) is 21.4 Å². The molecule has 0 radical (unpaired) electrons. The highest BCUT2D eigenvalue weighted by atomic mass is 16.5. The fourth-order valence-corrected chi connectivity index (χ4v) is 6.57. The van der Waals surface area contributed by atoms with E-state index in [1.54, 1.807) is 13.2 Å². The van der Waals surface area contributed by atoms with Crippen molar-refractivity contribution < 1.29 is 24.5 Å². The fraction of sp³-hybridized carbons (Fsp3) is 0.650. The Kier molecular flexibility index (Phi) is 3.58. The number of carbonyl (C=O) groups is 1. The molecule has 2 fully saturated rings. The number of benzene rings is 1. The van der Waals surface area contributed by atoms with Crippen molar-refractivity contribution in [3.8, 4) is 11.5 Å². The number of likely N-dealkylation sites (N-methyl/N-ethyl adjacent to an activating group) is 1. The van der Waals surface area contributed by atoms with Crippen LogP contribution in [0.15, 0.2) is 12.1 Å². The smallest absolute Gasteiger partial charge is 0.317 e. The number of carboxylic acids is 1. The summed E-state index contributed by atoms with van der Waals surface area (Å²) in [7, 11) is 3.95. The summed E-state index contributed by atoms with van der Waals surface area (Å²) in [5.41, 5.74) is 1.56. The van der Waals surface area contributed by atoms with Gasteiger partial charge in [-0.25, -0.2) is 0 Å². The van der Waals surface area contributed by atoms with Gasteiger partial charge in [0.25, 0.3) is 0 Å². The average molecular weight is 374 g/mol. The number of hydrogen-bond donors (Lipinski definition) is 3. The van der Waals surface area contributed by atoms with Crippen LogP contribution in [0.5, 0.6) is 11.5 Å². The Morgan fingerprint density at radius 3 is 3.00 bits per heavy atom. The van der Waals surface area contributed by atoms with E-state index >= 15 is 0 Å². The van der Waals surface area contributed by atoms with Gasteiger partial charge < -0.3 is 29.9 Å². The van der Waals surface area contributed by atoms with E-state index in [9.17, 15) is 9.90 Å². The third-order valence-corrected chi connectivity index (χ3v) is 7.57. The maximum absolute atomic E-state index is 11.1. The number of piperidine rings is 1. The predicted molar refractivity (Wildman–Crippen MR) is 97.3 cm³/mol. The van der Waals surface area contributed by atoms with Gasteiger partial charge in [0.15, 0.2) is 11.5 Å². The summed E-state index contributed by atoms with van der Waals surface area (Å²) in [6.07, 6.45) is 3.11. The third kappa shape index (κ3) is 1.94. The second-order valence-corrected chi connectivity index (χ2v) is 8.42. The minimum atomic E-state index is -0.875. The quantitative estimate of drug-likeness (QED) is 0.720. The van der Waals surface area contributed by atoms with E-state index in [0.29, 0.717) is 5.75 Å². The molecular formula is C20H26N2O5. The Bertz CT molecular complexity index is 814. The Morgan fingerprint density at radius 1 is 1.44 bits per heavy atom. The van der Waals surface area contributed by atoms with Crippen LogP contribution in [0.3, 0.4) is 0 Å². The molecule has 0 aromatic heterocycles. The number of phenolic OH excluding ortho intramolecular Hbond substituents is 1. The third-order valence-electron chi connectivity index (χ3n) is 7.57. The number of aromatic hydroxyl groups is 1. The van der Waals surface area contributed by atoms with Crippen molar-refractivity contribution >= 4 is 5.97 Å². The number of phenols is 1. The highest BCUT2D eigenvalue weighted by Gasteiger charge is 2.73. The molecule has 0 amide bonds. The average Bonchev–Trinajstić information content (AvgIpc) is 3.01. The predicted octanol–water partition coefficient (Wildman–Crippen LogP) is 0.873. The van der Waals surface area contributed by atoms with Crippen LogP contribution in [0, 0.1) is 0 Å². The summed E-state index contributed by atoms with van der Waals surface area (Å²) in [6.45, 7) is 0.828. The van der Waals surface area contributed by atoms with Crippen molar-refractivity contribution in [1.82, 2.24) is 10.2 Å². The van der Waals surface area contributed by atoms with Gasteiger partial charge >= 0.3 is 5.97 Å². The van der Waals surface area contributed by atoms with Crippen LogP contribution >= 0.6 is 0 Å². The minimum absolute atomic E-state index is 0.0915. The van der Waals surface area contributed by atoms with E-state index in [1.807, 2.05) is 6.07 Å². The largest absolute Gasteiger partial charge is 0.504 e. The molecule has 7 heteroatoms. The molecule has 146 valence electrons. The first-order chi connectivity index (χ1) is 12.9. The van der Waals surface area contributed by atoms with Gasteiger partial charge in [-0.1, -0.05) is 6.07 Å². The number of ether oxygens (including phenoxy) is 2. The molecule has 1 aromatic carbocycles. The minimum Gasteiger partial charge on any atom is -0.504 e. The van der Waals surface area contributed by atoms with Crippen LogP contribution in [-0.4, -0.2) is 72.1 Å². The van der Waals surface area contributed by atoms with Crippen LogP contribution in [0.1, 0.15) is 30.4 Å². The first-order valence-electron chi connectivity index (χ1n) is 9.67. The lowest BCUT2D eigenvalue weighted by Crippen LogP contribution is -2.78. The van der Waals surface area contributed by atoms with Gasteiger partial charge in [-0.3, -0.25) is 4.79 Å². The molecular weight excluding hydrogens is 348 g/mol. The monoisotopic (exact) mass is 374 g/mol. The number of hydrogen-bond acceptors (Lipinski definition) is 6. The Balaban J connectivity index is 1.71. The van der Waals surface area contributed by atoms with Gasteiger partial charge in [0.1, 0.15) is 6.10 Å². The number of likely N-dealkylation sites (tertiary alicyclic amines) is 1. The summed E-state index contributed by atoms with van der Waals surface area (Å²) < 4.78 is 12.8. The first kappa shape index (κ1) is 17.3. The Morgan fingerprint density at radius 2 is 2.26 bits per heavy atom. The molecule has 1 saturated heterocycles. The molecule has 1 saturated carbocycles. The molecule has 5 atom stereocenters. The fourth-order valence-electron chi connectivity index (χ4n) is 6.57. The maximum Gasteiger partial charge on any atom is 0.317 e. The lowest BCUT2D eigenvalue weighted by atomic mass is 9.48. The number of methoxy groups -OCH3 is 1. The van der Waals surface area contributed by atoms with Crippen molar-refractivity contribution in [3.05, 3.63) is 23.3 Å². The number of aliphatic carboxylic acids is 1. The zero-order chi connectivity index (χ0) is 19.0. The maximum atomic E-state index is 11.1. The van der Waals surface area contributed by atoms with Crippen molar-refractivity contribution in [2.45, 2.75) is 54.9 Å². The molecule has 5 rings (SSSR count). The van der Waals surface area contributed by atoms with E-state index in [-0.39, 0.29) is 35.9 Å². The summed E-state index contributed by atoms with van der Waals surface area (Å²) in [6, 6.07) is 3.89. The molecule has 2 aliphatic carbocycles. The molecule has 1 aromatic rings. The van der Waals surface area contributed by atoms with Crippen LogP contribution in [0.25, 0.3) is 0 Å². The molecule has 27 heavy (non-hydrogen) atoms. The summed E-state index contributed by atoms with van der Waals surface area (Å²) in [4.78, 5) is 13.5. The highest BCUT2D eigenvalue weighted by molar-refractivity contribution is 5.69. The standard InChI is InChI=1S/C20H26N2O5/c1-22-8-7-19-16-11-3-4-13(23)17(16)27-18(19)12(21-10-15(24)25)5-6-20(19,26-2)14(22)9-11/h3-4,12,14,18,21,23H,5-10H2,1-2H3,(H,24,25)/t12-,14?,18+,19?,20-/m1/s1. The van der Waals surface area contributed by atoms with Crippen molar-refractivity contribution in [2.75, 3.05) is 27.2 Å². The lowest BCUT2D eigenvalue weighted by molar-refractivity contribution is -0.203. The normalized spacial score (nSPS) is 39.0. The second kappa shape index (κ2) is 5.59. The molecule has 1 spiro atoms. The summed E-state index contributed by atoms with van der Waals surface area (Å²) in [5.74, 6) is -0.136. The van der Waals surface area contributed by atoms with E-state index in [4.69, 9.17) is 14.6 Å². The summed E-state index contributed by atoms with van der Waals surface area (Å²) in [5, 5.41) is 22.9. The zero-order valence-electron chi connectivity index (χ0n) is 15.7. The Labute approximate surface area is 158 Å². The lowest BCUT2D eigenvalue weighted by Gasteiger charge is -2.65. The van der Waals surface area contributed by atoms with E-state index in [0.717, 1.165) is 37.8 Å². The zero-order valence-corrected chi connectivity index (χ0v) is 15.7. The molecule has 2 bridgehead atoms. The van der Waals surface area contributed by atoms with Gasteiger partial charge in [-0.05, 0) is 50.9 Å². The first-order valence-corrected chi connectivity index (χ1v) is 9.67. The van der Waals surface area contributed by atoms with Crippen LogP contribution in [0.2, 0.25) is 0 Å². The van der Waals surface area contributed by atoms with Gasteiger partial charge in [-0.2, -0.15) is 0 Å². The molecule has 2 heterocycles. The van der Waals surface area contributed by atoms with E-state index in [2.05, 4.69) is 17.3 Å². The SMILES string of the molecule is CO[C@@]12CC[C@@H](NCC(=O)O)[C@@H]3Oc4c(O)ccc5c4C31CCN(C)C2C5. The number of nitrogens with one attached hydrogen (secondary N) is 1. The molecule has 7 nitrogen and oxygen atoms in total. The number of carboxylic acid groups (broad SMARTS) is 1. The van der Waals surface area contributed by atoms with Gasteiger partial charge in [0, 0.05) is 24.8 Å². The molecule has 3 N–H and O–H groups in total. The number of nitrogens with zero attached hydrogens (tertiary/aromatic N) is 1. The van der Waals surface area contributed by atoms with Gasteiger partial charge in [0.05, 0.1) is 17.6 Å². The highest BCUT2D eigenvalue weighted by Crippen LogP contribution is 2.66. The second-order valence-electron chi connectivity index (χ2n) is 8.42.